The highest BCUT2D eigenvalue weighted by Gasteiger charge is 2.23. The number of halogens is 1. The molecule has 0 saturated carbocycles. The van der Waals surface area contributed by atoms with Crippen molar-refractivity contribution in [2.75, 3.05) is 5.01 Å². The van der Waals surface area contributed by atoms with Gasteiger partial charge in [-0.1, -0.05) is 30.3 Å². The maximum absolute atomic E-state index is 12.8. The van der Waals surface area contributed by atoms with Gasteiger partial charge in [0.05, 0.1) is 0 Å². The highest BCUT2D eigenvalue weighted by molar-refractivity contribution is 5.85. The molecule has 3 aromatic rings. The second-order valence-corrected chi connectivity index (χ2v) is 6.98. The maximum atomic E-state index is 12.8. The maximum Gasteiger partial charge on any atom is 0.332 e. The molecule has 3 rings (SSSR count). The van der Waals surface area contributed by atoms with Gasteiger partial charge in [0.25, 0.3) is 5.56 Å². The smallest absolute Gasteiger partial charge is 0.305 e. The van der Waals surface area contributed by atoms with E-state index in [1.807, 2.05) is 18.2 Å². The monoisotopic (exact) mass is 391 g/mol. The molecule has 2 aromatic heterocycles. The van der Waals surface area contributed by atoms with Gasteiger partial charge in [0.15, 0.2) is 11.2 Å². The zero-order valence-corrected chi connectivity index (χ0v) is 17.1. The quantitative estimate of drug-likeness (QED) is 0.665. The molecule has 0 aliphatic heterocycles. The predicted molar refractivity (Wildman–Crippen MR) is 110 cm³/mol. The molecule has 1 aromatic carbocycles. The number of hydrogen-bond acceptors (Lipinski definition) is 4. The van der Waals surface area contributed by atoms with Crippen LogP contribution in [0.15, 0.2) is 46.2 Å². The number of benzene rings is 1. The van der Waals surface area contributed by atoms with Crippen molar-refractivity contribution in [3.8, 4) is 0 Å². The van der Waals surface area contributed by atoms with Gasteiger partial charge in [-0.25, -0.2) is 14.5 Å². The van der Waals surface area contributed by atoms with E-state index in [1.165, 1.54) is 17.2 Å². The van der Waals surface area contributed by atoms with Gasteiger partial charge < -0.3 is 5.01 Å². The number of nitrogens with zero attached hydrogens (tertiary/aromatic N) is 5. The lowest BCUT2D eigenvalue weighted by atomic mass is 10.1. The minimum Gasteiger partial charge on any atom is -0.305 e. The summed E-state index contributed by atoms with van der Waals surface area (Å²) in [6.07, 6.45) is 2.47. The van der Waals surface area contributed by atoms with Crippen molar-refractivity contribution in [3.63, 3.8) is 0 Å². The normalized spacial score (nSPS) is 12.2. The minimum atomic E-state index is -0.374. The van der Waals surface area contributed by atoms with E-state index in [-0.39, 0.29) is 35.7 Å². The number of hydrogen-bond donors (Lipinski definition) is 0. The fourth-order valence-electron chi connectivity index (χ4n) is 3.53. The Balaban J connectivity index is 0.00000261. The summed E-state index contributed by atoms with van der Waals surface area (Å²) >= 11 is 0. The third-order valence-corrected chi connectivity index (χ3v) is 4.73. The van der Waals surface area contributed by atoms with Gasteiger partial charge in [-0.15, -0.1) is 12.4 Å². The third-order valence-electron chi connectivity index (χ3n) is 4.73. The second-order valence-electron chi connectivity index (χ2n) is 6.98. The first-order chi connectivity index (χ1) is 12.3. The Kier molecular flexibility index (Phi) is 6.15. The van der Waals surface area contributed by atoms with Crippen molar-refractivity contribution in [2.24, 2.45) is 14.1 Å². The summed E-state index contributed by atoms with van der Waals surface area (Å²) < 4.78 is 4.34. The van der Waals surface area contributed by atoms with Crippen LogP contribution in [0.3, 0.4) is 0 Å². The van der Waals surface area contributed by atoms with E-state index in [2.05, 4.69) is 42.9 Å². The van der Waals surface area contributed by atoms with E-state index in [0.717, 1.165) is 11.0 Å². The molecule has 146 valence electrons. The van der Waals surface area contributed by atoms with E-state index in [4.69, 9.17) is 0 Å². The van der Waals surface area contributed by atoms with Gasteiger partial charge in [-0.3, -0.25) is 13.9 Å². The van der Waals surface area contributed by atoms with E-state index in [9.17, 15) is 9.59 Å². The Labute approximate surface area is 164 Å². The van der Waals surface area contributed by atoms with Crippen LogP contribution in [0.2, 0.25) is 0 Å². The van der Waals surface area contributed by atoms with Crippen LogP contribution in [0.1, 0.15) is 26.3 Å². The zero-order chi connectivity index (χ0) is 19.0. The Morgan fingerprint density at radius 3 is 2.26 bits per heavy atom. The molecule has 0 aliphatic carbocycles. The standard InChI is InChI=1S/C19H25N5O2.ClH/c1-13(2)24(14(3)11-15-9-7-6-8-10-15)23-12-20-17-16(23)18(25)22(5)19(26)21(17)4;/h6-10,12-14H,11H2,1-5H3;1H. The summed E-state index contributed by atoms with van der Waals surface area (Å²) in [7, 11) is 3.13. The lowest BCUT2D eigenvalue weighted by molar-refractivity contribution is 0.448. The van der Waals surface area contributed by atoms with E-state index in [1.54, 1.807) is 18.1 Å². The first-order valence-corrected chi connectivity index (χ1v) is 8.78. The van der Waals surface area contributed by atoms with Crippen molar-refractivity contribution >= 4 is 23.6 Å². The van der Waals surface area contributed by atoms with Gasteiger partial charge in [0.1, 0.15) is 6.33 Å². The lowest BCUT2D eigenvalue weighted by Gasteiger charge is -2.35. The molecule has 0 aliphatic rings. The molecule has 0 N–H and O–H groups in total. The van der Waals surface area contributed by atoms with Gasteiger partial charge in [0.2, 0.25) is 0 Å². The first kappa shape index (κ1) is 20.8. The Bertz CT molecular complexity index is 1040. The zero-order valence-electron chi connectivity index (χ0n) is 16.3. The van der Waals surface area contributed by atoms with Crippen LogP contribution in [0, 0.1) is 0 Å². The van der Waals surface area contributed by atoms with Crippen LogP contribution in [-0.4, -0.2) is 30.9 Å². The van der Waals surface area contributed by atoms with Crippen LogP contribution in [0.5, 0.6) is 0 Å². The summed E-state index contributed by atoms with van der Waals surface area (Å²) in [6, 6.07) is 10.5. The van der Waals surface area contributed by atoms with Gasteiger partial charge >= 0.3 is 5.69 Å². The number of aromatic nitrogens is 4. The van der Waals surface area contributed by atoms with Gasteiger partial charge in [-0.05, 0) is 32.8 Å². The molecule has 0 spiro atoms. The molecule has 0 amide bonds. The van der Waals surface area contributed by atoms with Crippen molar-refractivity contribution in [2.45, 2.75) is 39.3 Å². The average molecular weight is 392 g/mol. The number of fused-ring (bicyclic) bond motifs is 1. The molecule has 7 nitrogen and oxygen atoms in total. The van der Waals surface area contributed by atoms with Crippen LogP contribution >= 0.6 is 12.4 Å². The topological polar surface area (TPSA) is 65.1 Å². The summed E-state index contributed by atoms with van der Waals surface area (Å²) in [5.74, 6) is 0. The van der Waals surface area contributed by atoms with Crippen molar-refractivity contribution in [3.05, 3.63) is 63.1 Å². The molecule has 0 saturated heterocycles. The highest BCUT2D eigenvalue weighted by atomic mass is 35.5. The van der Waals surface area contributed by atoms with Crippen molar-refractivity contribution in [1.82, 2.24) is 18.8 Å². The van der Waals surface area contributed by atoms with Crippen LogP contribution < -0.4 is 16.3 Å². The fourth-order valence-corrected chi connectivity index (χ4v) is 3.53. The molecular weight excluding hydrogens is 366 g/mol. The Hall–Kier alpha value is -2.54. The largest absolute Gasteiger partial charge is 0.332 e. The minimum absolute atomic E-state index is 0. The molecule has 0 radical (unpaired) electrons. The van der Waals surface area contributed by atoms with Gasteiger partial charge in [0, 0.05) is 26.2 Å². The average Bonchev–Trinajstić information content (AvgIpc) is 3.03. The lowest BCUT2D eigenvalue weighted by Crippen LogP contribution is -2.49. The Morgan fingerprint density at radius 1 is 1.04 bits per heavy atom. The van der Waals surface area contributed by atoms with E-state index >= 15 is 0 Å². The van der Waals surface area contributed by atoms with E-state index < -0.39 is 0 Å². The number of rotatable bonds is 5. The summed E-state index contributed by atoms with van der Waals surface area (Å²) in [6.45, 7) is 6.30. The predicted octanol–water partition coefficient (Wildman–Crippen LogP) is 1.83. The molecule has 27 heavy (non-hydrogen) atoms. The SMILES string of the molecule is CC(C)N(C(C)Cc1ccccc1)n1cnc2c1c(=O)n(C)c(=O)n2C.Cl. The van der Waals surface area contributed by atoms with E-state index in [0.29, 0.717) is 11.2 Å². The summed E-state index contributed by atoms with van der Waals surface area (Å²) in [5, 5.41) is 2.13. The van der Waals surface area contributed by atoms with Crippen LogP contribution in [-0.2, 0) is 20.5 Å². The first-order valence-electron chi connectivity index (χ1n) is 8.78. The second kappa shape index (κ2) is 8.00. The molecule has 0 fully saturated rings. The van der Waals surface area contributed by atoms with Crippen LogP contribution in [0.25, 0.3) is 11.2 Å². The molecule has 1 atom stereocenters. The van der Waals surface area contributed by atoms with Crippen molar-refractivity contribution < 1.29 is 0 Å². The summed E-state index contributed by atoms with van der Waals surface area (Å²) in [5.41, 5.74) is 1.34. The molecular formula is C19H26ClN5O2. The van der Waals surface area contributed by atoms with Crippen molar-refractivity contribution in [1.29, 1.82) is 0 Å². The molecule has 0 bridgehead atoms. The molecule has 8 heteroatoms. The number of aryl methyl sites for hydroxylation is 1. The van der Waals surface area contributed by atoms with Crippen LogP contribution in [0.4, 0.5) is 0 Å². The molecule has 1 unspecified atom stereocenters. The summed E-state index contributed by atoms with van der Waals surface area (Å²) in [4.78, 5) is 29.3. The fraction of sp³-hybridized carbons (Fsp3) is 0.421. The Morgan fingerprint density at radius 2 is 1.67 bits per heavy atom. The molecule has 2 heterocycles. The van der Waals surface area contributed by atoms with Gasteiger partial charge in [-0.2, -0.15) is 0 Å². The number of imidazole rings is 1. The third kappa shape index (κ3) is 3.64. The highest BCUT2D eigenvalue weighted by Crippen LogP contribution is 2.15.